The zero-order chi connectivity index (χ0) is 10.7. The smallest absolute Gasteiger partial charge is 0.249 e. The molecule has 0 saturated carbocycles. The van der Waals surface area contributed by atoms with Crippen LogP contribution in [0.15, 0.2) is 29.1 Å². The number of hydrogen-bond acceptors (Lipinski definition) is 3. The molecule has 0 aromatic carbocycles. The third kappa shape index (κ3) is 2.13. The van der Waals surface area contributed by atoms with Gasteiger partial charge in [0.25, 0.3) is 0 Å². The molecule has 3 N–H and O–H groups in total. The number of nitrogens with one attached hydrogen (secondary N) is 1. The van der Waals surface area contributed by atoms with Gasteiger partial charge in [-0.1, -0.05) is 0 Å². The summed E-state index contributed by atoms with van der Waals surface area (Å²) in [6, 6.07) is 3.63. The van der Waals surface area contributed by atoms with Crippen molar-refractivity contribution >= 4 is 28.9 Å². The SMILES string of the molecule is NC(=O)C(=Cc1ccn[nH]1)c1ccsc1. The number of thiophene rings is 1. The van der Waals surface area contributed by atoms with E-state index in [9.17, 15) is 4.79 Å². The normalized spacial score (nSPS) is 11.6. The Kier molecular flexibility index (Phi) is 2.64. The van der Waals surface area contributed by atoms with Gasteiger partial charge in [-0.3, -0.25) is 9.89 Å². The van der Waals surface area contributed by atoms with E-state index in [0.29, 0.717) is 5.57 Å². The molecule has 0 unspecified atom stereocenters. The van der Waals surface area contributed by atoms with Crippen molar-refractivity contribution in [2.75, 3.05) is 0 Å². The molecule has 0 atom stereocenters. The Morgan fingerprint density at radius 1 is 1.53 bits per heavy atom. The molecular formula is C10H9N3OS. The zero-order valence-electron chi connectivity index (χ0n) is 7.81. The lowest BCUT2D eigenvalue weighted by molar-refractivity contribution is -0.112. The molecule has 5 heteroatoms. The predicted molar refractivity (Wildman–Crippen MR) is 60.0 cm³/mol. The first kappa shape index (κ1) is 9.67. The van der Waals surface area contributed by atoms with Crippen molar-refractivity contribution in [1.82, 2.24) is 10.2 Å². The first-order chi connectivity index (χ1) is 7.27. The summed E-state index contributed by atoms with van der Waals surface area (Å²) in [6.07, 6.45) is 3.31. The minimum absolute atomic E-state index is 0.442. The number of nitrogens with zero attached hydrogens (tertiary/aromatic N) is 1. The fraction of sp³-hybridized carbons (Fsp3) is 0. The third-order valence-corrected chi connectivity index (χ3v) is 2.60. The van der Waals surface area contributed by atoms with E-state index in [4.69, 9.17) is 5.73 Å². The number of H-pyrrole nitrogens is 1. The van der Waals surface area contributed by atoms with E-state index >= 15 is 0 Å². The summed E-state index contributed by atoms with van der Waals surface area (Å²) in [6.45, 7) is 0. The second-order valence-corrected chi connectivity index (χ2v) is 3.73. The van der Waals surface area contributed by atoms with Gasteiger partial charge < -0.3 is 5.73 Å². The van der Waals surface area contributed by atoms with Crippen molar-refractivity contribution in [3.8, 4) is 0 Å². The first-order valence-electron chi connectivity index (χ1n) is 4.31. The Hall–Kier alpha value is -1.88. The molecule has 0 aliphatic heterocycles. The molecule has 2 rings (SSSR count). The quantitative estimate of drug-likeness (QED) is 0.768. The van der Waals surface area contributed by atoms with Crippen LogP contribution < -0.4 is 5.73 Å². The summed E-state index contributed by atoms with van der Waals surface area (Å²) < 4.78 is 0. The highest BCUT2D eigenvalue weighted by atomic mass is 32.1. The Morgan fingerprint density at radius 3 is 2.93 bits per heavy atom. The third-order valence-electron chi connectivity index (χ3n) is 1.92. The lowest BCUT2D eigenvalue weighted by atomic mass is 10.1. The van der Waals surface area contributed by atoms with Gasteiger partial charge in [-0.2, -0.15) is 16.4 Å². The molecule has 0 aliphatic rings. The van der Waals surface area contributed by atoms with Gasteiger partial charge in [-0.25, -0.2) is 0 Å². The summed E-state index contributed by atoms with van der Waals surface area (Å²) in [7, 11) is 0. The zero-order valence-corrected chi connectivity index (χ0v) is 8.62. The lowest BCUT2D eigenvalue weighted by Gasteiger charge is -1.98. The molecule has 4 nitrogen and oxygen atoms in total. The topological polar surface area (TPSA) is 71.8 Å². The molecular weight excluding hydrogens is 210 g/mol. The van der Waals surface area contributed by atoms with Crippen LogP contribution in [0.25, 0.3) is 11.6 Å². The van der Waals surface area contributed by atoms with Crippen LogP contribution in [0, 0.1) is 0 Å². The molecule has 15 heavy (non-hydrogen) atoms. The van der Waals surface area contributed by atoms with Gasteiger partial charge in [0.15, 0.2) is 0 Å². The second kappa shape index (κ2) is 4.10. The van der Waals surface area contributed by atoms with Crippen LogP contribution in [-0.2, 0) is 4.79 Å². The van der Waals surface area contributed by atoms with Crippen LogP contribution in [-0.4, -0.2) is 16.1 Å². The van der Waals surface area contributed by atoms with Crippen LogP contribution in [0.1, 0.15) is 11.3 Å². The summed E-state index contributed by atoms with van der Waals surface area (Å²) >= 11 is 1.52. The Balaban J connectivity index is 2.41. The minimum atomic E-state index is -0.442. The first-order valence-corrected chi connectivity index (χ1v) is 5.25. The maximum atomic E-state index is 11.2. The van der Waals surface area contributed by atoms with Crippen molar-refractivity contribution in [2.24, 2.45) is 5.73 Å². The van der Waals surface area contributed by atoms with Gasteiger partial charge in [-0.05, 0) is 34.5 Å². The van der Waals surface area contributed by atoms with Crippen LogP contribution in [0.5, 0.6) is 0 Å². The number of aromatic amines is 1. The molecule has 1 amide bonds. The van der Waals surface area contributed by atoms with Crippen molar-refractivity contribution in [2.45, 2.75) is 0 Å². The molecule has 2 aromatic heterocycles. The number of amides is 1. The standard InChI is InChI=1S/C10H9N3OS/c11-10(14)9(7-2-4-15-6-7)5-8-1-3-12-13-8/h1-6H,(H2,11,14)(H,12,13). The Morgan fingerprint density at radius 2 is 2.40 bits per heavy atom. The average Bonchev–Trinajstić information content (AvgIpc) is 2.87. The summed E-state index contributed by atoms with van der Waals surface area (Å²) in [5.74, 6) is -0.442. The molecule has 76 valence electrons. The van der Waals surface area contributed by atoms with E-state index in [-0.39, 0.29) is 0 Å². The van der Waals surface area contributed by atoms with Crippen molar-refractivity contribution in [1.29, 1.82) is 0 Å². The van der Waals surface area contributed by atoms with Crippen molar-refractivity contribution in [3.05, 3.63) is 40.3 Å². The van der Waals surface area contributed by atoms with E-state index in [1.807, 2.05) is 16.8 Å². The molecule has 0 bridgehead atoms. The number of nitrogens with two attached hydrogens (primary N) is 1. The van der Waals surface area contributed by atoms with Gasteiger partial charge in [0.1, 0.15) is 0 Å². The number of primary amides is 1. The molecule has 0 radical (unpaired) electrons. The van der Waals surface area contributed by atoms with Crippen molar-refractivity contribution in [3.63, 3.8) is 0 Å². The molecule has 2 heterocycles. The fourth-order valence-corrected chi connectivity index (χ4v) is 1.87. The molecule has 0 aliphatic carbocycles. The van der Waals surface area contributed by atoms with E-state index in [1.54, 1.807) is 18.3 Å². The lowest BCUT2D eigenvalue weighted by Crippen LogP contribution is -2.12. The highest BCUT2D eigenvalue weighted by Crippen LogP contribution is 2.19. The predicted octanol–water partition coefficient (Wildman–Crippen LogP) is 1.50. The summed E-state index contributed by atoms with van der Waals surface area (Å²) in [5, 5.41) is 10.3. The second-order valence-electron chi connectivity index (χ2n) is 2.95. The number of rotatable bonds is 3. The van der Waals surface area contributed by atoms with Gasteiger partial charge >= 0.3 is 0 Å². The number of carbonyl (C=O) groups is 1. The number of carbonyl (C=O) groups excluding carboxylic acids is 1. The number of hydrogen-bond donors (Lipinski definition) is 2. The van der Waals surface area contributed by atoms with E-state index in [1.165, 1.54) is 11.3 Å². The number of aromatic nitrogens is 2. The van der Waals surface area contributed by atoms with Gasteiger partial charge in [0, 0.05) is 11.8 Å². The van der Waals surface area contributed by atoms with Crippen LogP contribution in [0.2, 0.25) is 0 Å². The van der Waals surface area contributed by atoms with Crippen LogP contribution in [0.4, 0.5) is 0 Å². The van der Waals surface area contributed by atoms with Crippen LogP contribution >= 0.6 is 11.3 Å². The van der Waals surface area contributed by atoms with Gasteiger partial charge in [0.05, 0.1) is 5.69 Å². The van der Waals surface area contributed by atoms with E-state index in [2.05, 4.69) is 10.2 Å². The Labute approximate surface area is 90.4 Å². The largest absolute Gasteiger partial charge is 0.366 e. The van der Waals surface area contributed by atoms with Crippen molar-refractivity contribution < 1.29 is 4.79 Å². The maximum Gasteiger partial charge on any atom is 0.249 e. The molecule has 0 spiro atoms. The minimum Gasteiger partial charge on any atom is -0.366 e. The van der Waals surface area contributed by atoms with Crippen LogP contribution in [0.3, 0.4) is 0 Å². The summed E-state index contributed by atoms with van der Waals surface area (Å²) in [4.78, 5) is 11.2. The highest BCUT2D eigenvalue weighted by Gasteiger charge is 2.08. The van der Waals surface area contributed by atoms with Gasteiger partial charge in [-0.15, -0.1) is 0 Å². The molecule has 2 aromatic rings. The maximum absolute atomic E-state index is 11.2. The van der Waals surface area contributed by atoms with E-state index in [0.717, 1.165) is 11.3 Å². The average molecular weight is 219 g/mol. The highest BCUT2D eigenvalue weighted by molar-refractivity contribution is 7.08. The summed E-state index contributed by atoms with van der Waals surface area (Å²) in [5.41, 5.74) is 7.39. The monoisotopic (exact) mass is 219 g/mol. The molecule has 0 saturated heterocycles. The Bertz CT molecular complexity index is 471. The molecule has 0 fully saturated rings. The van der Waals surface area contributed by atoms with Gasteiger partial charge in [0.2, 0.25) is 5.91 Å². The fourth-order valence-electron chi connectivity index (χ4n) is 1.22. The van der Waals surface area contributed by atoms with E-state index < -0.39 is 5.91 Å².